The third-order valence-corrected chi connectivity index (χ3v) is 5.82. The van der Waals surface area contributed by atoms with Gasteiger partial charge in [0, 0.05) is 34.0 Å². The zero-order valence-electron chi connectivity index (χ0n) is 14.5. The number of nitro groups is 1. The lowest BCUT2D eigenvalue weighted by atomic mass is 10.1. The van der Waals surface area contributed by atoms with Crippen molar-refractivity contribution in [3.05, 3.63) is 85.0 Å². The quantitative estimate of drug-likeness (QED) is 0.320. The highest BCUT2D eigenvalue weighted by Gasteiger charge is 2.11. The fraction of sp³-hybridized carbons (Fsp3) is 0.100. The van der Waals surface area contributed by atoms with E-state index in [-0.39, 0.29) is 5.69 Å². The molecule has 5 nitrogen and oxygen atoms in total. The Morgan fingerprint density at radius 2 is 1.33 bits per heavy atom. The minimum atomic E-state index is -0.398. The summed E-state index contributed by atoms with van der Waals surface area (Å²) < 4.78 is 0. The molecular weight excluding hydrogens is 378 g/mol. The monoisotopic (exact) mass is 393 g/mol. The molecule has 4 aromatic rings. The lowest BCUT2D eigenvalue weighted by Gasteiger charge is -1.97. The van der Waals surface area contributed by atoms with E-state index in [2.05, 4.69) is 41.6 Å². The molecule has 0 spiro atoms. The first-order valence-corrected chi connectivity index (χ1v) is 10.0. The molecule has 0 aliphatic carbocycles. The van der Waals surface area contributed by atoms with Gasteiger partial charge in [-0.15, -0.1) is 22.7 Å². The Morgan fingerprint density at radius 1 is 0.852 bits per heavy atom. The van der Waals surface area contributed by atoms with Gasteiger partial charge in [0.05, 0.1) is 22.7 Å². The number of rotatable bonds is 5. The summed E-state index contributed by atoms with van der Waals surface area (Å²) in [6.07, 6.45) is 0.689. The maximum Gasteiger partial charge on any atom is 0.269 e. The van der Waals surface area contributed by atoms with Crippen molar-refractivity contribution in [3.63, 3.8) is 0 Å². The molecule has 0 fully saturated rings. The molecule has 0 aliphatic rings. The number of aromatic nitrogens is 2. The molecule has 4 rings (SSSR count). The molecular formula is C20H15N3O2S2. The van der Waals surface area contributed by atoms with Crippen LogP contribution in [0.25, 0.3) is 22.5 Å². The average molecular weight is 393 g/mol. The highest BCUT2D eigenvalue weighted by molar-refractivity contribution is 7.11. The van der Waals surface area contributed by atoms with Gasteiger partial charge in [0.25, 0.3) is 5.69 Å². The molecule has 0 N–H and O–H groups in total. The zero-order chi connectivity index (χ0) is 18.8. The van der Waals surface area contributed by atoms with Gasteiger partial charge in [-0.1, -0.05) is 29.8 Å². The maximum atomic E-state index is 10.8. The van der Waals surface area contributed by atoms with Crippen molar-refractivity contribution in [3.8, 4) is 22.5 Å². The SMILES string of the molecule is Cc1ccc(-c2csc(Cc3nc(-c4ccc([N+](=O)[O-])cc4)cs3)n2)cc1. The molecule has 0 atom stereocenters. The van der Waals surface area contributed by atoms with E-state index >= 15 is 0 Å². The van der Waals surface area contributed by atoms with E-state index in [1.54, 1.807) is 34.8 Å². The molecule has 0 aliphatic heterocycles. The lowest BCUT2D eigenvalue weighted by Crippen LogP contribution is -1.89. The van der Waals surface area contributed by atoms with Gasteiger partial charge in [-0.05, 0) is 19.1 Å². The number of aryl methyl sites for hydroxylation is 1. The van der Waals surface area contributed by atoms with Crippen LogP contribution in [0.3, 0.4) is 0 Å². The summed E-state index contributed by atoms with van der Waals surface area (Å²) in [5.41, 5.74) is 5.13. The Kier molecular flexibility index (Phi) is 4.79. The van der Waals surface area contributed by atoms with Crippen LogP contribution in [-0.4, -0.2) is 14.9 Å². The predicted molar refractivity (Wildman–Crippen MR) is 109 cm³/mol. The van der Waals surface area contributed by atoms with Crippen molar-refractivity contribution in [1.82, 2.24) is 9.97 Å². The molecule has 0 saturated carbocycles. The van der Waals surface area contributed by atoms with Gasteiger partial charge >= 0.3 is 0 Å². The van der Waals surface area contributed by atoms with E-state index in [0.29, 0.717) is 6.42 Å². The summed E-state index contributed by atoms with van der Waals surface area (Å²) >= 11 is 3.21. The van der Waals surface area contributed by atoms with Crippen molar-refractivity contribution >= 4 is 28.4 Å². The van der Waals surface area contributed by atoms with Crippen molar-refractivity contribution in [1.29, 1.82) is 0 Å². The maximum absolute atomic E-state index is 10.8. The normalized spacial score (nSPS) is 10.9. The third-order valence-electron chi connectivity index (χ3n) is 4.13. The zero-order valence-corrected chi connectivity index (χ0v) is 16.1. The van der Waals surface area contributed by atoms with Crippen LogP contribution in [0, 0.1) is 17.0 Å². The Balaban J connectivity index is 1.49. The van der Waals surface area contributed by atoms with Gasteiger partial charge in [-0.2, -0.15) is 0 Å². The van der Waals surface area contributed by atoms with E-state index in [0.717, 1.165) is 32.5 Å². The number of hydrogen-bond acceptors (Lipinski definition) is 6. The Morgan fingerprint density at radius 3 is 1.81 bits per heavy atom. The number of hydrogen-bond donors (Lipinski definition) is 0. The van der Waals surface area contributed by atoms with Gasteiger partial charge in [-0.3, -0.25) is 10.1 Å². The van der Waals surface area contributed by atoms with E-state index in [4.69, 9.17) is 4.98 Å². The molecule has 2 heterocycles. The fourth-order valence-electron chi connectivity index (χ4n) is 2.66. The number of benzene rings is 2. The number of thiazole rings is 2. The predicted octanol–water partition coefficient (Wildman–Crippen LogP) is 5.74. The molecule has 7 heteroatoms. The van der Waals surface area contributed by atoms with Crippen LogP contribution in [0.1, 0.15) is 15.6 Å². The second-order valence-electron chi connectivity index (χ2n) is 6.10. The largest absolute Gasteiger partial charge is 0.269 e. The smallest absolute Gasteiger partial charge is 0.258 e. The summed E-state index contributed by atoms with van der Waals surface area (Å²) in [5, 5.41) is 16.8. The van der Waals surface area contributed by atoms with Gasteiger partial charge < -0.3 is 0 Å². The summed E-state index contributed by atoms with van der Waals surface area (Å²) in [7, 11) is 0. The lowest BCUT2D eigenvalue weighted by molar-refractivity contribution is -0.384. The molecule has 0 radical (unpaired) electrons. The number of non-ortho nitro benzene ring substituents is 1. The first kappa shape index (κ1) is 17.5. The Labute approximate surface area is 164 Å². The van der Waals surface area contributed by atoms with Gasteiger partial charge in [0.15, 0.2) is 0 Å². The minimum Gasteiger partial charge on any atom is -0.258 e. The molecule has 0 saturated heterocycles. The van der Waals surface area contributed by atoms with Crippen LogP contribution < -0.4 is 0 Å². The molecule has 0 bridgehead atoms. The van der Waals surface area contributed by atoms with Gasteiger partial charge in [0.2, 0.25) is 0 Å². The van der Waals surface area contributed by atoms with E-state index in [1.165, 1.54) is 17.7 Å². The summed E-state index contributed by atoms with van der Waals surface area (Å²) in [5.74, 6) is 0. The molecule has 2 aromatic carbocycles. The molecule has 2 aromatic heterocycles. The van der Waals surface area contributed by atoms with Crippen molar-refractivity contribution < 1.29 is 4.92 Å². The van der Waals surface area contributed by atoms with Crippen molar-refractivity contribution in [2.24, 2.45) is 0 Å². The first-order valence-electron chi connectivity index (χ1n) is 8.29. The third kappa shape index (κ3) is 3.94. The number of nitro benzene ring substituents is 1. The van der Waals surface area contributed by atoms with Crippen LogP contribution >= 0.6 is 22.7 Å². The summed E-state index contributed by atoms with van der Waals surface area (Å²) in [6, 6.07) is 14.8. The average Bonchev–Trinajstić information content (AvgIpc) is 3.33. The molecule has 0 amide bonds. The van der Waals surface area contributed by atoms with Crippen LogP contribution in [-0.2, 0) is 6.42 Å². The fourth-order valence-corrected chi connectivity index (χ4v) is 4.36. The highest BCUT2D eigenvalue weighted by atomic mass is 32.1. The van der Waals surface area contributed by atoms with Crippen LogP contribution in [0.4, 0.5) is 5.69 Å². The molecule has 134 valence electrons. The Hall–Kier alpha value is -2.90. The minimum absolute atomic E-state index is 0.0839. The van der Waals surface area contributed by atoms with Crippen molar-refractivity contribution in [2.45, 2.75) is 13.3 Å². The summed E-state index contributed by atoms with van der Waals surface area (Å²) in [4.78, 5) is 19.8. The first-order chi connectivity index (χ1) is 13.1. The van der Waals surface area contributed by atoms with Crippen molar-refractivity contribution in [2.75, 3.05) is 0 Å². The van der Waals surface area contributed by atoms with Gasteiger partial charge in [0.1, 0.15) is 10.0 Å². The van der Waals surface area contributed by atoms with Gasteiger partial charge in [-0.25, -0.2) is 9.97 Å². The summed E-state index contributed by atoms with van der Waals surface area (Å²) in [6.45, 7) is 2.07. The van der Waals surface area contributed by atoms with Crippen LogP contribution in [0.5, 0.6) is 0 Å². The second kappa shape index (κ2) is 7.38. The van der Waals surface area contributed by atoms with Crippen LogP contribution in [0.15, 0.2) is 59.3 Å². The standard InChI is InChI=1S/C20H15N3O2S2/c1-13-2-4-14(5-3-13)17-11-26-19(21-17)10-20-22-18(12-27-20)15-6-8-16(9-7-15)23(24)25/h2-9,11-12H,10H2,1H3. The number of nitrogens with zero attached hydrogens (tertiary/aromatic N) is 3. The second-order valence-corrected chi connectivity index (χ2v) is 7.99. The van der Waals surface area contributed by atoms with E-state index < -0.39 is 4.92 Å². The topological polar surface area (TPSA) is 68.9 Å². The van der Waals surface area contributed by atoms with E-state index in [1.807, 2.05) is 5.38 Å². The molecule has 0 unspecified atom stereocenters. The highest BCUT2D eigenvalue weighted by Crippen LogP contribution is 2.27. The van der Waals surface area contributed by atoms with E-state index in [9.17, 15) is 10.1 Å². The van der Waals surface area contributed by atoms with Crippen LogP contribution in [0.2, 0.25) is 0 Å². The molecule has 27 heavy (non-hydrogen) atoms. The Bertz CT molecular complexity index is 1080.